The Labute approximate surface area is 90.0 Å². The third kappa shape index (κ3) is 2.45. The van der Waals surface area contributed by atoms with Crippen LogP contribution in [0.4, 0.5) is 5.95 Å². The van der Waals surface area contributed by atoms with Crippen LogP contribution in [0.2, 0.25) is 0 Å². The summed E-state index contributed by atoms with van der Waals surface area (Å²) in [5, 5.41) is 9.54. The summed E-state index contributed by atoms with van der Waals surface area (Å²) < 4.78 is 0. The molecule has 0 aromatic carbocycles. The van der Waals surface area contributed by atoms with Crippen molar-refractivity contribution in [3.05, 3.63) is 18.0 Å². The molecule has 1 aromatic heterocycles. The third-order valence-corrected chi connectivity index (χ3v) is 2.78. The Morgan fingerprint density at radius 3 is 2.80 bits per heavy atom. The summed E-state index contributed by atoms with van der Waals surface area (Å²) in [6.45, 7) is 3.69. The fourth-order valence-electron chi connectivity index (χ4n) is 1.83. The second kappa shape index (κ2) is 4.57. The van der Waals surface area contributed by atoms with Crippen LogP contribution in [0.25, 0.3) is 0 Å². The standard InChI is InChI=1S/C11H17N3O/c1-2-9-6-12-11(13-7-9)14-5-3-4-10(15)8-14/h6-7,10,15H,2-5,8H2,1H3. The Morgan fingerprint density at radius 1 is 1.47 bits per heavy atom. The topological polar surface area (TPSA) is 49.2 Å². The largest absolute Gasteiger partial charge is 0.391 e. The molecular weight excluding hydrogens is 190 g/mol. The quantitative estimate of drug-likeness (QED) is 0.786. The Bertz CT molecular complexity index is 312. The van der Waals surface area contributed by atoms with E-state index in [0.29, 0.717) is 6.54 Å². The zero-order valence-electron chi connectivity index (χ0n) is 9.06. The van der Waals surface area contributed by atoms with E-state index in [1.165, 1.54) is 0 Å². The van der Waals surface area contributed by atoms with Gasteiger partial charge in [0, 0.05) is 25.5 Å². The molecule has 1 aliphatic rings. The van der Waals surface area contributed by atoms with Crippen LogP contribution in [0.15, 0.2) is 12.4 Å². The van der Waals surface area contributed by atoms with Crippen molar-refractivity contribution in [2.24, 2.45) is 0 Å². The van der Waals surface area contributed by atoms with Gasteiger partial charge in [-0.25, -0.2) is 9.97 Å². The molecule has 1 saturated heterocycles. The molecule has 0 amide bonds. The molecule has 1 atom stereocenters. The van der Waals surface area contributed by atoms with E-state index in [0.717, 1.165) is 37.3 Å². The summed E-state index contributed by atoms with van der Waals surface area (Å²) >= 11 is 0. The number of hydrogen-bond acceptors (Lipinski definition) is 4. The van der Waals surface area contributed by atoms with Gasteiger partial charge in [0.1, 0.15) is 0 Å². The molecule has 4 nitrogen and oxygen atoms in total. The zero-order chi connectivity index (χ0) is 10.7. The average Bonchev–Trinajstić information content (AvgIpc) is 2.29. The number of piperidine rings is 1. The normalized spacial score (nSPS) is 21.7. The minimum Gasteiger partial charge on any atom is -0.391 e. The molecule has 0 saturated carbocycles. The molecule has 15 heavy (non-hydrogen) atoms. The highest BCUT2D eigenvalue weighted by molar-refractivity contribution is 5.30. The number of aromatic nitrogens is 2. The van der Waals surface area contributed by atoms with E-state index < -0.39 is 0 Å². The molecule has 1 aromatic rings. The third-order valence-electron chi connectivity index (χ3n) is 2.78. The Morgan fingerprint density at radius 2 is 2.20 bits per heavy atom. The molecular formula is C11H17N3O. The van der Waals surface area contributed by atoms with Crippen molar-refractivity contribution in [1.29, 1.82) is 0 Å². The van der Waals surface area contributed by atoms with Crippen molar-refractivity contribution >= 4 is 5.95 Å². The molecule has 1 aliphatic heterocycles. The fourth-order valence-corrected chi connectivity index (χ4v) is 1.83. The average molecular weight is 207 g/mol. The maximum absolute atomic E-state index is 9.54. The van der Waals surface area contributed by atoms with Gasteiger partial charge in [-0.05, 0) is 24.8 Å². The Balaban J connectivity index is 2.07. The lowest BCUT2D eigenvalue weighted by Gasteiger charge is -2.29. The molecule has 4 heteroatoms. The molecule has 1 fully saturated rings. The zero-order valence-corrected chi connectivity index (χ0v) is 9.06. The van der Waals surface area contributed by atoms with Crippen LogP contribution < -0.4 is 4.90 Å². The summed E-state index contributed by atoms with van der Waals surface area (Å²) in [6.07, 6.45) is 6.37. The first-order valence-electron chi connectivity index (χ1n) is 5.53. The summed E-state index contributed by atoms with van der Waals surface area (Å²) in [5.74, 6) is 0.742. The first kappa shape index (κ1) is 10.4. The number of rotatable bonds is 2. The van der Waals surface area contributed by atoms with Gasteiger partial charge in [-0.15, -0.1) is 0 Å². The predicted molar refractivity (Wildman–Crippen MR) is 58.9 cm³/mol. The lowest BCUT2D eigenvalue weighted by molar-refractivity contribution is 0.153. The van der Waals surface area contributed by atoms with E-state index >= 15 is 0 Å². The minimum atomic E-state index is -0.229. The number of anilines is 1. The molecule has 1 N–H and O–H groups in total. The van der Waals surface area contributed by atoms with Crippen molar-refractivity contribution in [1.82, 2.24) is 9.97 Å². The van der Waals surface area contributed by atoms with Gasteiger partial charge in [-0.2, -0.15) is 0 Å². The minimum absolute atomic E-state index is 0.229. The molecule has 82 valence electrons. The molecule has 0 spiro atoms. The van der Waals surface area contributed by atoms with Gasteiger partial charge in [0.05, 0.1) is 6.10 Å². The smallest absolute Gasteiger partial charge is 0.225 e. The van der Waals surface area contributed by atoms with Crippen molar-refractivity contribution in [2.75, 3.05) is 18.0 Å². The second-order valence-electron chi connectivity index (χ2n) is 3.99. The molecule has 0 aliphatic carbocycles. The van der Waals surface area contributed by atoms with E-state index in [2.05, 4.69) is 16.9 Å². The van der Waals surface area contributed by atoms with Crippen molar-refractivity contribution in [2.45, 2.75) is 32.3 Å². The van der Waals surface area contributed by atoms with Gasteiger partial charge in [0.25, 0.3) is 0 Å². The van der Waals surface area contributed by atoms with Gasteiger partial charge in [-0.3, -0.25) is 0 Å². The molecule has 2 heterocycles. The van der Waals surface area contributed by atoms with Gasteiger partial charge < -0.3 is 10.0 Å². The second-order valence-corrected chi connectivity index (χ2v) is 3.99. The summed E-state index contributed by atoms with van der Waals surface area (Å²) in [7, 11) is 0. The predicted octanol–water partition coefficient (Wildman–Crippen LogP) is 1.00. The Kier molecular flexibility index (Phi) is 3.16. The highest BCUT2D eigenvalue weighted by Crippen LogP contribution is 2.15. The van der Waals surface area contributed by atoms with Crippen molar-refractivity contribution in [3.8, 4) is 0 Å². The first-order chi connectivity index (χ1) is 7.29. The van der Waals surface area contributed by atoms with Crippen LogP contribution >= 0.6 is 0 Å². The number of aliphatic hydroxyl groups is 1. The molecule has 0 radical (unpaired) electrons. The number of nitrogens with zero attached hydrogens (tertiary/aromatic N) is 3. The van der Waals surface area contributed by atoms with Crippen LogP contribution in [-0.2, 0) is 6.42 Å². The van der Waals surface area contributed by atoms with Crippen molar-refractivity contribution < 1.29 is 5.11 Å². The maximum atomic E-state index is 9.54. The molecule has 0 bridgehead atoms. The SMILES string of the molecule is CCc1cnc(N2CCCC(O)C2)nc1. The van der Waals surface area contributed by atoms with Crippen LogP contribution in [0.5, 0.6) is 0 Å². The maximum Gasteiger partial charge on any atom is 0.225 e. The highest BCUT2D eigenvalue weighted by Gasteiger charge is 2.19. The van der Waals surface area contributed by atoms with Gasteiger partial charge >= 0.3 is 0 Å². The van der Waals surface area contributed by atoms with E-state index in [9.17, 15) is 5.11 Å². The number of aryl methyl sites for hydroxylation is 1. The Hall–Kier alpha value is -1.16. The lowest BCUT2D eigenvalue weighted by atomic mass is 10.1. The number of hydrogen-bond donors (Lipinski definition) is 1. The lowest BCUT2D eigenvalue weighted by Crippen LogP contribution is -2.39. The fraction of sp³-hybridized carbons (Fsp3) is 0.636. The van der Waals surface area contributed by atoms with Crippen LogP contribution in [0, 0.1) is 0 Å². The summed E-state index contributed by atoms with van der Waals surface area (Å²) in [4.78, 5) is 10.7. The van der Waals surface area contributed by atoms with E-state index in [-0.39, 0.29) is 6.10 Å². The van der Waals surface area contributed by atoms with Crippen LogP contribution in [0.3, 0.4) is 0 Å². The summed E-state index contributed by atoms with van der Waals surface area (Å²) in [6, 6.07) is 0. The number of aliphatic hydroxyl groups excluding tert-OH is 1. The van der Waals surface area contributed by atoms with E-state index in [4.69, 9.17) is 0 Å². The number of β-amino-alcohol motifs (C(OH)–C–C–N with tert-alkyl or cyclic N) is 1. The van der Waals surface area contributed by atoms with E-state index in [1.807, 2.05) is 17.3 Å². The van der Waals surface area contributed by atoms with Crippen molar-refractivity contribution in [3.63, 3.8) is 0 Å². The first-order valence-corrected chi connectivity index (χ1v) is 5.53. The van der Waals surface area contributed by atoms with Gasteiger partial charge in [-0.1, -0.05) is 6.92 Å². The highest BCUT2D eigenvalue weighted by atomic mass is 16.3. The summed E-state index contributed by atoms with van der Waals surface area (Å²) in [5.41, 5.74) is 1.15. The molecule has 1 unspecified atom stereocenters. The molecule has 2 rings (SSSR count). The van der Waals surface area contributed by atoms with Gasteiger partial charge in [0.15, 0.2) is 0 Å². The van der Waals surface area contributed by atoms with Crippen LogP contribution in [-0.4, -0.2) is 34.3 Å². The van der Waals surface area contributed by atoms with Gasteiger partial charge in [0.2, 0.25) is 5.95 Å². The van der Waals surface area contributed by atoms with Crippen LogP contribution in [0.1, 0.15) is 25.3 Å². The monoisotopic (exact) mass is 207 g/mol. The van der Waals surface area contributed by atoms with E-state index in [1.54, 1.807) is 0 Å².